The number of ether oxygens (including phenoxy) is 1. The summed E-state index contributed by atoms with van der Waals surface area (Å²) in [5.41, 5.74) is 1.00. The Morgan fingerprint density at radius 3 is 2.52 bits per heavy atom. The maximum atomic E-state index is 12.5. The molecule has 0 aliphatic carbocycles. The van der Waals surface area contributed by atoms with Crippen molar-refractivity contribution in [2.75, 3.05) is 33.3 Å². The van der Waals surface area contributed by atoms with Gasteiger partial charge in [0.1, 0.15) is 6.54 Å². The maximum Gasteiger partial charge on any atom is 0.407 e. The largest absolute Gasteiger partial charge is 0.453 e. The SMILES string of the molecule is COC(=O)NCC(=O)N1CCC2(CC1)CC(=O)N(Cc1ccc(Cl)cc1)C2. The van der Waals surface area contributed by atoms with Gasteiger partial charge in [0.25, 0.3) is 0 Å². The molecular formula is C19H24ClN3O4. The number of carbonyl (C=O) groups is 3. The second-order valence-corrected chi connectivity index (χ2v) is 7.72. The number of carbonyl (C=O) groups excluding carboxylic acids is 3. The van der Waals surface area contributed by atoms with Gasteiger partial charge < -0.3 is 19.9 Å². The number of likely N-dealkylation sites (tertiary alicyclic amines) is 2. The highest BCUT2D eigenvalue weighted by Crippen LogP contribution is 2.41. The smallest absolute Gasteiger partial charge is 0.407 e. The van der Waals surface area contributed by atoms with Crippen molar-refractivity contribution in [2.45, 2.75) is 25.8 Å². The van der Waals surface area contributed by atoms with E-state index in [1.165, 1.54) is 7.11 Å². The van der Waals surface area contributed by atoms with E-state index in [4.69, 9.17) is 11.6 Å². The fourth-order valence-electron chi connectivity index (χ4n) is 3.83. The predicted octanol–water partition coefficient (Wildman–Crippen LogP) is 2.04. The zero-order valence-corrected chi connectivity index (χ0v) is 16.1. The fraction of sp³-hybridized carbons (Fsp3) is 0.526. The van der Waals surface area contributed by atoms with E-state index >= 15 is 0 Å². The number of alkyl carbamates (subject to hydrolysis) is 1. The van der Waals surface area contributed by atoms with Gasteiger partial charge in [-0.1, -0.05) is 23.7 Å². The molecule has 3 amide bonds. The summed E-state index contributed by atoms with van der Waals surface area (Å²) < 4.78 is 4.47. The molecule has 0 unspecified atom stereocenters. The predicted molar refractivity (Wildman–Crippen MR) is 100 cm³/mol. The summed E-state index contributed by atoms with van der Waals surface area (Å²) in [5, 5.41) is 3.09. The molecule has 1 aromatic rings. The van der Waals surface area contributed by atoms with Crippen molar-refractivity contribution in [3.8, 4) is 0 Å². The van der Waals surface area contributed by atoms with Crippen LogP contribution >= 0.6 is 11.6 Å². The van der Waals surface area contributed by atoms with Gasteiger partial charge >= 0.3 is 6.09 Å². The lowest BCUT2D eigenvalue weighted by molar-refractivity contribution is -0.132. The van der Waals surface area contributed by atoms with Crippen LogP contribution in [0, 0.1) is 5.41 Å². The molecular weight excluding hydrogens is 370 g/mol. The summed E-state index contributed by atoms with van der Waals surface area (Å²) in [6.07, 6.45) is 1.50. The lowest BCUT2D eigenvalue weighted by atomic mass is 9.77. The van der Waals surface area contributed by atoms with Crippen LogP contribution in [0.2, 0.25) is 5.02 Å². The number of piperidine rings is 1. The fourth-order valence-corrected chi connectivity index (χ4v) is 3.96. The standard InChI is InChI=1S/C19H24ClN3O4/c1-27-18(26)21-11-17(25)22-8-6-19(7-9-22)10-16(24)23(13-19)12-14-2-4-15(20)5-3-14/h2-5H,6-13H2,1H3,(H,21,26). The zero-order chi connectivity index (χ0) is 19.4. The minimum atomic E-state index is -0.615. The summed E-state index contributed by atoms with van der Waals surface area (Å²) in [6, 6.07) is 7.55. The molecule has 0 bridgehead atoms. The third kappa shape index (κ3) is 4.71. The van der Waals surface area contributed by atoms with Gasteiger partial charge in [-0.25, -0.2) is 4.79 Å². The van der Waals surface area contributed by atoms with Crippen LogP contribution < -0.4 is 5.32 Å². The number of benzene rings is 1. The van der Waals surface area contributed by atoms with Gasteiger partial charge in [-0.3, -0.25) is 9.59 Å². The van der Waals surface area contributed by atoms with Crippen LogP contribution in [-0.2, 0) is 20.9 Å². The van der Waals surface area contributed by atoms with Gasteiger partial charge in [-0.05, 0) is 30.5 Å². The molecule has 0 atom stereocenters. The first-order valence-corrected chi connectivity index (χ1v) is 9.40. The molecule has 7 nitrogen and oxygen atoms in total. The third-order valence-corrected chi connectivity index (χ3v) is 5.69. The Morgan fingerprint density at radius 1 is 1.22 bits per heavy atom. The van der Waals surface area contributed by atoms with Crippen molar-refractivity contribution in [1.29, 1.82) is 0 Å². The van der Waals surface area contributed by atoms with E-state index < -0.39 is 6.09 Å². The summed E-state index contributed by atoms with van der Waals surface area (Å²) >= 11 is 5.92. The van der Waals surface area contributed by atoms with Gasteiger partial charge in [0.2, 0.25) is 11.8 Å². The van der Waals surface area contributed by atoms with Crippen molar-refractivity contribution in [3.05, 3.63) is 34.9 Å². The molecule has 2 aliphatic heterocycles. The topological polar surface area (TPSA) is 79.0 Å². The Hall–Kier alpha value is -2.28. The van der Waals surface area contributed by atoms with Crippen molar-refractivity contribution in [3.63, 3.8) is 0 Å². The molecule has 0 saturated carbocycles. The van der Waals surface area contributed by atoms with Crippen molar-refractivity contribution in [2.24, 2.45) is 5.41 Å². The van der Waals surface area contributed by atoms with Crippen LogP contribution in [0.4, 0.5) is 4.79 Å². The van der Waals surface area contributed by atoms with Crippen LogP contribution in [0.25, 0.3) is 0 Å². The zero-order valence-electron chi connectivity index (χ0n) is 15.4. The van der Waals surface area contributed by atoms with Gasteiger partial charge in [0.05, 0.1) is 7.11 Å². The number of halogens is 1. The minimum Gasteiger partial charge on any atom is -0.453 e. The lowest BCUT2D eigenvalue weighted by Crippen LogP contribution is -2.47. The molecule has 2 saturated heterocycles. The molecule has 146 valence electrons. The van der Waals surface area contributed by atoms with Crippen LogP contribution in [0.3, 0.4) is 0 Å². The van der Waals surface area contributed by atoms with Crippen LogP contribution in [0.1, 0.15) is 24.8 Å². The second-order valence-electron chi connectivity index (χ2n) is 7.28. The minimum absolute atomic E-state index is 0.0595. The van der Waals surface area contributed by atoms with E-state index in [0.717, 1.165) is 24.9 Å². The van der Waals surface area contributed by atoms with Crippen LogP contribution in [0.5, 0.6) is 0 Å². The van der Waals surface area contributed by atoms with Crippen molar-refractivity contribution in [1.82, 2.24) is 15.1 Å². The number of hydrogen-bond donors (Lipinski definition) is 1. The Morgan fingerprint density at radius 2 is 1.89 bits per heavy atom. The number of methoxy groups -OCH3 is 1. The van der Waals surface area contributed by atoms with E-state index in [9.17, 15) is 14.4 Å². The van der Waals surface area contributed by atoms with Gasteiger partial charge in [0.15, 0.2) is 0 Å². The molecule has 1 spiro atoms. The van der Waals surface area contributed by atoms with Gasteiger partial charge in [-0.2, -0.15) is 0 Å². The highest BCUT2D eigenvalue weighted by Gasteiger charge is 2.45. The number of amides is 3. The monoisotopic (exact) mass is 393 g/mol. The quantitative estimate of drug-likeness (QED) is 0.849. The van der Waals surface area contributed by atoms with E-state index in [1.807, 2.05) is 29.2 Å². The van der Waals surface area contributed by atoms with Crippen LogP contribution in [-0.4, -0.2) is 61.0 Å². The molecule has 0 radical (unpaired) electrons. The summed E-state index contributed by atoms with van der Waals surface area (Å²) in [5.74, 6) is 0.0367. The van der Waals surface area contributed by atoms with E-state index in [-0.39, 0.29) is 23.8 Å². The molecule has 2 fully saturated rings. The molecule has 2 aliphatic rings. The molecule has 1 aromatic carbocycles. The average molecular weight is 394 g/mol. The molecule has 27 heavy (non-hydrogen) atoms. The number of hydrogen-bond acceptors (Lipinski definition) is 4. The lowest BCUT2D eigenvalue weighted by Gasteiger charge is -2.38. The number of nitrogens with zero attached hydrogens (tertiary/aromatic N) is 2. The second kappa shape index (κ2) is 8.17. The summed E-state index contributed by atoms with van der Waals surface area (Å²) in [7, 11) is 1.26. The molecule has 0 aromatic heterocycles. The third-order valence-electron chi connectivity index (χ3n) is 5.44. The van der Waals surface area contributed by atoms with E-state index in [2.05, 4.69) is 10.1 Å². The normalized spacial score (nSPS) is 18.7. The Balaban J connectivity index is 1.52. The van der Waals surface area contributed by atoms with E-state index in [1.54, 1.807) is 4.90 Å². The Bertz CT molecular complexity index is 714. The summed E-state index contributed by atoms with van der Waals surface area (Å²) in [4.78, 5) is 39.4. The Kier molecular flexibility index (Phi) is 5.89. The first-order chi connectivity index (χ1) is 12.9. The number of rotatable bonds is 4. The maximum absolute atomic E-state index is 12.5. The van der Waals surface area contributed by atoms with Gasteiger partial charge in [-0.15, -0.1) is 0 Å². The Labute approximate surface area is 163 Å². The average Bonchev–Trinajstić information content (AvgIpc) is 2.96. The highest BCUT2D eigenvalue weighted by atomic mass is 35.5. The molecule has 8 heteroatoms. The molecule has 2 heterocycles. The molecule has 3 rings (SSSR count). The summed E-state index contributed by atoms with van der Waals surface area (Å²) in [6.45, 7) is 2.44. The first kappa shape index (κ1) is 19.5. The van der Waals surface area contributed by atoms with Crippen LogP contribution in [0.15, 0.2) is 24.3 Å². The first-order valence-electron chi connectivity index (χ1n) is 9.03. The van der Waals surface area contributed by atoms with Gasteiger partial charge in [0, 0.05) is 43.0 Å². The van der Waals surface area contributed by atoms with Crippen molar-refractivity contribution >= 4 is 29.5 Å². The highest BCUT2D eigenvalue weighted by molar-refractivity contribution is 6.30. The molecule has 1 N–H and O–H groups in total. The van der Waals surface area contributed by atoms with E-state index in [0.29, 0.717) is 31.1 Å². The number of nitrogens with one attached hydrogen (secondary N) is 1. The van der Waals surface area contributed by atoms with Crippen molar-refractivity contribution < 1.29 is 19.1 Å².